The first-order chi connectivity index (χ1) is 12.9. The van der Waals surface area contributed by atoms with Crippen LogP contribution in [0.5, 0.6) is 0 Å². The van der Waals surface area contributed by atoms with Crippen LogP contribution in [0.2, 0.25) is 0 Å². The molecule has 0 radical (unpaired) electrons. The van der Waals surface area contributed by atoms with E-state index >= 15 is 0 Å². The van der Waals surface area contributed by atoms with E-state index in [1.807, 2.05) is 0 Å². The van der Waals surface area contributed by atoms with Gasteiger partial charge in [0.05, 0.1) is 44.7 Å². The number of ether oxygens (including phenoxy) is 2. The molecule has 8 atom stereocenters. The third kappa shape index (κ3) is 7.09. The Hall–Kier alpha value is 0.0600. The summed E-state index contributed by atoms with van der Waals surface area (Å²) >= 11 is 0. The van der Waals surface area contributed by atoms with E-state index < -0.39 is 58.9 Å². The fourth-order valence-electron chi connectivity index (χ4n) is 2.73. The summed E-state index contributed by atoms with van der Waals surface area (Å²) in [6.45, 7) is 3.85. The predicted octanol–water partition coefficient (Wildman–Crippen LogP) is 0.186. The normalized spacial score (nSPS) is 37.9. The molecule has 0 spiro atoms. The Balaban J connectivity index is 1.88. The second-order valence-electron chi connectivity index (χ2n) is 6.99. The van der Waals surface area contributed by atoms with E-state index in [1.165, 1.54) is 0 Å². The van der Waals surface area contributed by atoms with Crippen LogP contribution in [-0.2, 0) is 36.7 Å². The number of rotatable bonds is 10. The van der Waals surface area contributed by atoms with E-state index in [0.29, 0.717) is 0 Å². The molecule has 28 heavy (non-hydrogen) atoms. The van der Waals surface area contributed by atoms with Gasteiger partial charge in [-0.3, -0.25) is 18.1 Å². The molecular weight excluding hydrogens is 422 g/mol. The Morgan fingerprint density at radius 3 is 2.07 bits per heavy atom. The van der Waals surface area contributed by atoms with Crippen LogP contribution in [-0.4, -0.2) is 83.1 Å². The minimum absolute atomic E-state index is 0.0973. The number of hydrogen-bond donors (Lipinski definition) is 4. The second-order valence-corrected chi connectivity index (χ2v) is 9.80. The summed E-state index contributed by atoms with van der Waals surface area (Å²) < 4.78 is 53.9. The van der Waals surface area contributed by atoms with Gasteiger partial charge in [0.25, 0.3) is 0 Å². The molecule has 4 N–H and O–H groups in total. The molecule has 4 unspecified atom stereocenters. The highest BCUT2D eigenvalue weighted by Gasteiger charge is 2.44. The van der Waals surface area contributed by atoms with E-state index in [1.54, 1.807) is 20.8 Å². The van der Waals surface area contributed by atoms with Crippen LogP contribution < -0.4 is 0 Å². The highest BCUT2D eigenvalue weighted by atomic mass is 31.2. The standard InChI is InChI=1S/C14H28O12P2/c1-8(2)25-27(17,18)24-7-13-14(11(16)5-22-13)26-28(19,20)23-6-12-9(3)10(15)4-21-12/h8-16H,4-7H2,1-3H3,(H,17,18)(H,19,20)/t9?,10-,11-,12+,13+,14?/m0/s1. The Morgan fingerprint density at radius 2 is 1.50 bits per heavy atom. The first-order valence-corrected chi connectivity index (χ1v) is 11.8. The maximum Gasteiger partial charge on any atom is 0.472 e. The van der Waals surface area contributed by atoms with E-state index in [0.717, 1.165) is 0 Å². The Labute approximate surface area is 162 Å². The average Bonchev–Trinajstić information content (AvgIpc) is 3.06. The van der Waals surface area contributed by atoms with Crippen molar-refractivity contribution in [3.05, 3.63) is 0 Å². The summed E-state index contributed by atoms with van der Waals surface area (Å²) in [6.07, 6.45) is -5.55. The van der Waals surface area contributed by atoms with Crippen LogP contribution in [0.1, 0.15) is 20.8 Å². The molecule has 0 aliphatic carbocycles. The quantitative estimate of drug-likeness (QED) is 0.334. The monoisotopic (exact) mass is 450 g/mol. The molecule has 0 aromatic carbocycles. The van der Waals surface area contributed by atoms with Crippen molar-refractivity contribution in [1.29, 1.82) is 0 Å². The van der Waals surface area contributed by atoms with Crippen LogP contribution in [0, 0.1) is 5.92 Å². The first kappa shape index (κ1) is 24.3. The number of hydrogen-bond acceptors (Lipinski definition) is 10. The van der Waals surface area contributed by atoms with Gasteiger partial charge in [0.1, 0.15) is 18.3 Å². The first-order valence-electron chi connectivity index (χ1n) is 8.81. The molecule has 2 aliphatic rings. The summed E-state index contributed by atoms with van der Waals surface area (Å²) in [5.74, 6) is -0.291. The molecule has 0 aromatic heterocycles. The highest BCUT2D eigenvalue weighted by Crippen LogP contribution is 2.49. The topological polar surface area (TPSA) is 170 Å². The fourth-order valence-corrected chi connectivity index (χ4v) is 4.64. The lowest BCUT2D eigenvalue weighted by Gasteiger charge is -2.25. The zero-order valence-corrected chi connectivity index (χ0v) is 17.6. The van der Waals surface area contributed by atoms with Crippen molar-refractivity contribution in [1.82, 2.24) is 0 Å². The van der Waals surface area contributed by atoms with Crippen molar-refractivity contribution >= 4 is 15.6 Å². The highest BCUT2D eigenvalue weighted by molar-refractivity contribution is 7.47. The lowest BCUT2D eigenvalue weighted by atomic mass is 10.0. The summed E-state index contributed by atoms with van der Waals surface area (Å²) in [4.78, 5) is 19.5. The van der Waals surface area contributed by atoms with Gasteiger partial charge in [-0.15, -0.1) is 0 Å². The summed E-state index contributed by atoms with van der Waals surface area (Å²) in [7, 11) is -8.98. The third-order valence-electron chi connectivity index (χ3n) is 4.30. The molecular formula is C14H28O12P2. The minimum atomic E-state index is -4.62. The van der Waals surface area contributed by atoms with Gasteiger partial charge >= 0.3 is 15.6 Å². The Kier molecular flexibility index (Phi) is 8.61. The van der Waals surface area contributed by atoms with Crippen molar-refractivity contribution < 1.29 is 56.7 Å². The number of phosphoric ester groups is 2. The van der Waals surface area contributed by atoms with Crippen LogP contribution in [0.15, 0.2) is 0 Å². The third-order valence-corrected chi connectivity index (χ3v) is 6.45. The van der Waals surface area contributed by atoms with Crippen molar-refractivity contribution in [2.75, 3.05) is 26.4 Å². The zero-order chi connectivity index (χ0) is 21.1. The molecule has 2 rings (SSSR count). The summed E-state index contributed by atoms with van der Waals surface area (Å²) in [5.41, 5.74) is 0. The average molecular weight is 450 g/mol. The van der Waals surface area contributed by atoms with E-state index in [4.69, 9.17) is 27.6 Å². The van der Waals surface area contributed by atoms with Gasteiger partial charge in [0, 0.05) is 5.92 Å². The zero-order valence-electron chi connectivity index (χ0n) is 15.8. The molecule has 0 saturated carbocycles. The van der Waals surface area contributed by atoms with E-state index in [9.17, 15) is 29.1 Å². The molecule has 0 amide bonds. The minimum Gasteiger partial charge on any atom is -0.390 e. The summed E-state index contributed by atoms with van der Waals surface area (Å²) in [6, 6.07) is 0. The molecule has 0 aromatic rings. The van der Waals surface area contributed by atoms with E-state index in [2.05, 4.69) is 0 Å². The predicted molar refractivity (Wildman–Crippen MR) is 93.3 cm³/mol. The molecule has 2 saturated heterocycles. The van der Waals surface area contributed by atoms with E-state index in [-0.39, 0.29) is 25.7 Å². The smallest absolute Gasteiger partial charge is 0.390 e. The molecule has 12 nitrogen and oxygen atoms in total. The van der Waals surface area contributed by atoms with Gasteiger partial charge in [-0.25, -0.2) is 9.13 Å². The fraction of sp³-hybridized carbons (Fsp3) is 1.00. The van der Waals surface area contributed by atoms with Crippen molar-refractivity contribution in [3.8, 4) is 0 Å². The Morgan fingerprint density at radius 1 is 0.964 bits per heavy atom. The van der Waals surface area contributed by atoms with Crippen molar-refractivity contribution in [2.45, 2.75) is 57.4 Å². The number of aliphatic hydroxyl groups is 2. The van der Waals surface area contributed by atoms with Gasteiger partial charge in [-0.2, -0.15) is 0 Å². The number of aliphatic hydroxyl groups excluding tert-OH is 2. The second kappa shape index (κ2) is 9.91. The molecule has 2 aliphatic heterocycles. The van der Waals surface area contributed by atoms with Crippen LogP contribution >= 0.6 is 15.6 Å². The van der Waals surface area contributed by atoms with Crippen LogP contribution in [0.4, 0.5) is 0 Å². The number of phosphoric acid groups is 2. The molecule has 14 heteroatoms. The van der Waals surface area contributed by atoms with Gasteiger partial charge in [0.15, 0.2) is 0 Å². The van der Waals surface area contributed by atoms with Crippen LogP contribution in [0.3, 0.4) is 0 Å². The molecule has 0 bridgehead atoms. The maximum absolute atomic E-state index is 12.2. The molecule has 2 fully saturated rings. The van der Waals surface area contributed by atoms with Gasteiger partial charge in [-0.1, -0.05) is 6.92 Å². The Bertz CT molecular complexity index is 601. The molecule has 2 heterocycles. The molecule has 166 valence electrons. The largest absolute Gasteiger partial charge is 0.472 e. The lowest BCUT2D eigenvalue weighted by Crippen LogP contribution is -2.35. The van der Waals surface area contributed by atoms with Gasteiger partial charge < -0.3 is 29.5 Å². The van der Waals surface area contributed by atoms with Crippen molar-refractivity contribution in [3.63, 3.8) is 0 Å². The van der Waals surface area contributed by atoms with Gasteiger partial charge in [0.2, 0.25) is 0 Å². The lowest BCUT2D eigenvalue weighted by molar-refractivity contribution is -0.0221. The SMILES string of the molecule is CC(C)OP(=O)(O)OC[C@H]1OC[C@H](O)C1OP(=O)(O)OC[C@H]1OC[C@H](O)C1C. The van der Waals surface area contributed by atoms with Crippen LogP contribution in [0.25, 0.3) is 0 Å². The van der Waals surface area contributed by atoms with Gasteiger partial charge in [-0.05, 0) is 13.8 Å². The van der Waals surface area contributed by atoms with Crippen molar-refractivity contribution in [2.24, 2.45) is 5.92 Å². The summed E-state index contributed by atoms with van der Waals surface area (Å²) in [5, 5.41) is 19.6. The maximum atomic E-state index is 12.2.